The lowest BCUT2D eigenvalue weighted by atomic mass is 10.2. The van der Waals surface area contributed by atoms with Crippen molar-refractivity contribution in [2.75, 3.05) is 37.6 Å². The molecule has 1 aromatic carbocycles. The van der Waals surface area contributed by atoms with E-state index < -0.39 is 0 Å². The van der Waals surface area contributed by atoms with Gasteiger partial charge >= 0.3 is 0 Å². The molecule has 2 aliphatic heterocycles. The van der Waals surface area contributed by atoms with Crippen LogP contribution in [0.2, 0.25) is 0 Å². The molecule has 2 saturated heterocycles. The summed E-state index contributed by atoms with van der Waals surface area (Å²) < 4.78 is 5.52. The molecule has 126 valence electrons. The van der Waals surface area contributed by atoms with Crippen LogP contribution < -0.4 is 10.2 Å². The number of nitrogens with one attached hydrogen (secondary N) is 1. The van der Waals surface area contributed by atoms with E-state index >= 15 is 0 Å². The quantitative estimate of drug-likeness (QED) is 0.935. The average molecular weight is 326 g/mol. The number of anilines is 1. The summed E-state index contributed by atoms with van der Waals surface area (Å²) in [6.07, 6.45) is 3.64. The van der Waals surface area contributed by atoms with Crippen LogP contribution in [0.25, 0.3) is 0 Å². The summed E-state index contributed by atoms with van der Waals surface area (Å²) in [6.45, 7) is 4.07. The summed E-state index contributed by atoms with van der Waals surface area (Å²) in [6, 6.07) is 10.5. The highest BCUT2D eigenvalue weighted by Gasteiger charge is 2.27. The fourth-order valence-electron chi connectivity index (χ4n) is 3.41. The molecule has 2 fully saturated rings. The Kier molecular flexibility index (Phi) is 4.21. The molecule has 1 aromatic heterocycles. The smallest absolute Gasteiger partial charge is 0.275 e. The first kappa shape index (κ1) is 15.2. The van der Waals surface area contributed by atoms with E-state index in [2.05, 4.69) is 27.3 Å². The number of hydrogen-bond donors (Lipinski definition) is 1. The molecule has 24 heavy (non-hydrogen) atoms. The summed E-state index contributed by atoms with van der Waals surface area (Å²) >= 11 is 0. The Hall–Kier alpha value is -2.34. The van der Waals surface area contributed by atoms with Gasteiger partial charge in [-0.2, -0.15) is 0 Å². The van der Waals surface area contributed by atoms with Crippen molar-refractivity contribution in [2.45, 2.75) is 18.9 Å². The number of amides is 1. The van der Waals surface area contributed by atoms with E-state index in [1.807, 2.05) is 23.1 Å². The van der Waals surface area contributed by atoms with Gasteiger partial charge in [0.2, 0.25) is 5.89 Å². The minimum atomic E-state index is -0.0318. The van der Waals surface area contributed by atoms with Gasteiger partial charge in [0.1, 0.15) is 6.26 Å². The Morgan fingerprint density at radius 3 is 2.67 bits per heavy atom. The molecule has 2 aliphatic rings. The number of rotatable bonds is 3. The highest BCUT2D eigenvalue weighted by atomic mass is 16.3. The lowest BCUT2D eigenvalue weighted by Gasteiger charge is -2.35. The second-order valence-electron chi connectivity index (χ2n) is 6.33. The monoisotopic (exact) mass is 326 g/mol. The van der Waals surface area contributed by atoms with Gasteiger partial charge in [-0.1, -0.05) is 18.2 Å². The number of oxazole rings is 1. The first-order valence-electron chi connectivity index (χ1n) is 8.59. The maximum atomic E-state index is 12.6. The van der Waals surface area contributed by atoms with Crippen LogP contribution in [0.1, 0.15) is 35.3 Å². The van der Waals surface area contributed by atoms with Crippen molar-refractivity contribution in [1.82, 2.24) is 15.2 Å². The minimum absolute atomic E-state index is 0.0318. The normalized spacial score (nSPS) is 21.2. The topological polar surface area (TPSA) is 61.6 Å². The van der Waals surface area contributed by atoms with E-state index in [0.29, 0.717) is 24.7 Å². The molecule has 4 rings (SSSR count). The molecule has 1 unspecified atom stereocenters. The van der Waals surface area contributed by atoms with Gasteiger partial charge in [0.05, 0.1) is 6.04 Å². The van der Waals surface area contributed by atoms with E-state index in [0.717, 1.165) is 32.5 Å². The Bertz CT molecular complexity index is 686. The number of carbonyl (C=O) groups excluding carboxylic acids is 1. The molecule has 0 bridgehead atoms. The number of carbonyl (C=O) groups is 1. The molecule has 0 radical (unpaired) electrons. The SMILES string of the molecule is O=C(c1coc(C2CCCN2)n1)N1CCN(c2ccccc2)CC1. The molecule has 0 aliphatic carbocycles. The van der Waals surface area contributed by atoms with E-state index in [1.165, 1.54) is 12.0 Å². The van der Waals surface area contributed by atoms with Crippen molar-refractivity contribution in [3.05, 3.63) is 48.2 Å². The van der Waals surface area contributed by atoms with E-state index in [4.69, 9.17) is 4.42 Å². The lowest BCUT2D eigenvalue weighted by molar-refractivity contribution is 0.0740. The number of aromatic nitrogens is 1. The van der Waals surface area contributed by atoms with Crippen LogP contribution >= 0.6 is 0 Å². The summed E-state index contributed by atoms with van der Waals surface area (Å²) in [5.74, 6) is 0.606. The number of para-hydroxylation sites is 1. The fourth-order valence-corrected chi connectivity index (χ4v) is 3.41. The minimum Gasteiger partial charge on any atom is -0.446 e. The summed E-state index contributed by atoms with van der Waals surface area (Å²) in [4.78, 5) is 21.2. The summed E-state index contributed by atoms with van der Waals surface area (Å²) in [5, 5.41) is 3.34. The van der Waals surface area contributed by atoms with Crippen LogP contribution in [-0.2, 0) is 0 Å². The van der Waals surface area contributed by atoms with Gasteiger partial charge in [-0.25, -0.2) is 4.98 Å². The maximum absolute atomic E-state index is 12.6. The van der Waals surface area contributed by atoms with E-state index in [9.17, 15) is 4.79 Å². The molecule has 1 amide bonds. The largest absolute Gasteiger partial charge is 0.446 e. The third-order valence-electron chi connectivity index (χ3n) is 4.79. The van der Waals surface area contributed by atoms with E-state index in [1.54, 1.807) is 0 Å². The predicted molar refractivity (Wildman–Crippen MR) is 91.0 cm³/mol. The van der Waals surface area contributed by atoms with Crippen LogP contribution in [0, 0.1) is 0 Å². The Balaban J connectivity index is 1.38. The average Bonchev–Trinajstić information content (AvgIpc) is 3.33. The third-order valence-corrected chi connectivity index (χ3v) is 4.79. The van der Waals surface area contributed by atoms with Crippen LogP contribution in [0.5, 0.6) is 0 Å². The Morgan fingerprint density at radius 1 is 1.17 bits per heavy atom. The lowest BCUT2D eigenvalue weighted by Crippen LogP contribution is -2.48. The van der Waals surface area contributed by atoms with Crippen LogP contribution in [0.4, 0.5) is 5.69 Å². The van der Waals surface area contributed by atoms with Crippen LogP contribution in [0.3, 0.4) is 0 Å². The maximum Gasteiger partial charge on any atom is 0.275 e. The summed E-state index contributed by atoms with van der Waals surface area (Å²) in [5.41, 5.74) is 1.63. The van der Waals surface area contributed by atoms with Crippen molar-refractivity contribution in [3.63, 3.8) is 0 Å². The molecule has 6 heteroatoms. The zero-order chi connectivity index (χ0) is 16.4. The second-order valence-corrected chi connectivity index (χ2v) is 6.33. The highest BCUT2D eigenvalue weighted by molar-refractivity contribution is 5.92. The van der Waals surface area contributed by atoms with Crippen molar-refractivity contribution in [3.8, 4) is 0 Å². The molecule has 0 spiro atoms. The molecule has 3 heterocycles. The Labute approximate surface area is 141 Å². The van der Waals surface area contributed by atoms with Gasteiger partial charge in [-0.3, -0.25) is 4.79 Å². The van der Waals surface area contributed by atoms with E-state index in [-0.39, 0.29) is 11.9 Å². The first-order valence-corrected chi connectivity index (χ1v) is 8.59. The van der Waals surface area contributed by atoms with Gasteiger partial charge in [-0.05, 0) is 31.5 Å². The third kappa shape index (κ3) is 3.01. The van der Waals surface area contributed by atoms with Gasteiger partial charge < -0.3 is 19.5 Å². The van der Waals surface area contributed by atoms with Crippen molar-refractivity contribution in [2.24, 2.45) is 0 Å². The number of hydrogen-bond acceptors (Lipinski definition) is 5. The zero-order valence-corrected chi connectivity index (χ0v) is 13.6. The van der Waals surface area contributed by atoms with Gasteiger partial charge in [0.15, 0.2) is 5.69 Å². The molecule has 0 saturated carbocycles. The second kappa shape index (κ2) is 6.65. The van der Waals surface area contributed by atoms with Crippen LogP contribution in [0.15, 0.2) is 41.0 Å². The molecule has 1 atom stereocenters. The number of piperazine rings is 1. The molecule has 1 N–H and O–H groups in total. The Morgan fingerprint density at radius 2 is 1.96 bits per heavy atom. The zero-order valence-electron chi connectivity index (χ0n) is 13.6. The highest BCUT2D eigenvalue weighted by Crippen LogP contribution is 2.23. The molecule has 6 nitrogen and oxygen atoms in total. The first-order chi connectivity index (χ1) is 11.8. The van der Waals surface area contributed by atoms with Crippen LogP contribution in [-0.4, -0.2) is 48.5 Å². The molecule has 2 aromatic rings. The van der Waals surface area contributed by atoms with Gasteiger partial charge in [-0.15, -0.1) is 0 Å². The van der Waals surface area contributed by atoms with Crippen molar-refractivity contribution >= 4 is 11.6 Å². The number of benzene rings is 1. The van der Waals surface area contributed by atoms with Crippen molar-refractivity contribution in [1.29, 1.82) is 0 Å². The van der Waals surface area contributed by atoms with Gasteiger partial charge in [0.25, 0.3) is 5.91 Å². The molecular weight excluding hydrogens is 304 g/mol. The molecular formula is C18H22N4O2. The fraction of sp³-hybridized carbons (Fsp3) is 0.444. The number of nitrogens with zero attached hydrogens (tertiary/aromatic N) is 3. The summed E-state index contributed by atoms with van der Waals surface area (Å²) in [7, 11) is 0. The van der Waals surface area contributed by atoms with Crippen molar-refractivity contribution < 1.29 is 9.21 Å². The van der Waals surface area contributed by atoms with Gasteiger partial charge in [0, 0.05) is 31.9 Å². The standard InChI is InChI=1S/C18H22N4O2/c23-18(16-13-24-17(20-16)15-7-4-8-19-15)22-11-9-21(10-12-22)14-5-2-1-3-6-14/h1-3,5-6,13,15,19H,4,7-12H2. The predicted octanol–water partition coefficient (Wildman–Crippen LogP) is 2.06.